The van der Waals surface area contributed by atoms with E-state index in [9.17, 15) is 14.0 Å². The molecular formula is C22H33FN6O2. The number of nitrogens with two attached hydrogens (primary N) is 1. The Hall–Kier alpha value is -2.23. The average molecular weight is 433 g/mol. The molecule has 0 radical (unpaired) electrons. The van der Waals surface area contributed by atoms with Crippen LogP contribution in [0.15, 0.2) is 18.2 Å². The molecule has 1 unspecified atom stereocenters. The van der Waals surface area contributed by atoms with E-state index in [1.165, 1.54) is 6.07 Å². The highest BCUT2D eigenvalue weighted by molar-refractivity contribution is 6.01. The van der Waals surface area contributed by atoms with Crippen molar-refractivity contribution in [2.24, 2.45) is 5.73 Å². The van der Waals surface area contributed by atoms with E-state index in [1.807, 2.05) is 6.07 Å². The molecule has 0 aliphatic carbocycles. The van der Waals surface area contributed by atoms with E-state index in [0.717, 1.165) is 70.9 Å². The fourth-order valence-electron chi connectivity index (χ4n) is 4.53. The summed E-state index contributed by atoms with van der Waals surface area (Å²) < 4.78 is 14.7. The van der Waals surface area contributed by atoms with Gasteiger partial charge in [0.15, 0.2) is 0 Å². The van der Waals surface area contributed by atoms with E-state index in [1.54, 1.807) is 6.07 Å². The SMILES string of the molecule is NC1CCN(CCN2CCN(c3ccc(NC4CCC(=O)NC4=O)c(F)c3)CC2)CC1. The van der Waals surface area contributed by atoms with Gasteiger partial charge in [0.1, 0.15) is 11.9 Å². The van der Waals surface area contributed by atoms with Crippen LogP contribution >= 0.6 is 0 Å². The van der Waals surface area contributed by atoms with Crippen LogP contribution in [0.25, 0.3) is 0 Å². The van der Waals surface area contributed by atoms with E-state index in [4.69, 9.17) is 5.73 Å². The Morgan fingerprint density at radius 2 is 1.68 bits per heavy atom. The first-order valence-electron chi connectivity index (χ1n) is 11.3. The van der Waals surface area contributed by atoms with E-state index in [0.29, 0.717) is 12.5 Å². The van der Waals surface area contributed by atoms with Crippen LogP contribution in [-0.2, 0) is 9.59 Å². The quantitative estimate of drug-likeness (QED) is 0.567. The maximum absolute atomic E-state index is 14.7. The average Bonchev–Trinajstić information content (AvgIpc) is 2.77. The summed E-state index contributed by atoms with van der Waals surface area (Å²) in [5.41, 5.74) is 7.13. The number of hydrogen-bond donors (Lipinski definition) is 3. The number of benzene rings is 1. The van der Waals surface area contributed by atoms with Crippen molar-refractivity contribution < 1.29 is 14.0 Å². The number of likely N-dealkylation sites (tertiary alicyclic amines) is 1. The predicted molar refractivity (Wildman–Crippen MR) is 118 cm³/mol. The number of piperazine rings is 1. The molecule has 4 N–H and O–H groups in total. The highest BCUT2D eigenvalue weighted by Crippen LogP contribution is 2.24. The Balaban J connectivity index is 1.24. The molecule has 0 saturated carbocycles. The monoisotopic (exact) mass is 432 g/mol. The van der Waals surface area contributed by atoms with Crippen molar-refractivity contribution in [1.29, 1.82) is 0 Å². The number of rotatable bonds is 6. The molecule has 3 heterocycles. The van der Waals surface area contributed by atoms with E-state index in [2.05, 4.69) is 25.3 Å². The minimum Gasteiger partial charge on any atom is -0.371 e. The zero-order valence-corrected chi connectivity index (χ0v) is 18.0. The Morgan fingerprint density at radius 1 is 1.00 bits per heavy atom. The summed E-state index contributed by atoms with van der Waals surface area (Å²) in [6.07, 6.45) is 2.82. The van der Waals surface area contributed by atoms with Crippen LogP contribution < -0.4 is 21.3 Å². The van der Waals surface area contributed by atoms with E-state index >= 15 is 0 Å². The Bertz CT molecular complexity index is 790. The fourth-order valence-corrected chi connectivity index (χ4v) is 4.53. The van der Waals surface area contributed by atoms with Crippen LogP contribution in [0, 0.1) is 5.82 Å². The molecule has 9 heteroatoms. The lowest BCUT2D eigenvalue weighted by molar-refractivity contribution is -0.133. The predicted octanol–water partition coefficient (Wildman–Crippen LogP) is 0.588. The summed E-state index contributed by atoms with van der Waals surface area (Å²) >= 11 is 0. The molecule has 2 amide bonds. The smallest absolute Gasteiger partial charge is 0.249 e. The highest BCUT2D eigenvalue weighted by Gasteiger charge is 2.27. The van der Waals surface area contributed by atoms with Gasteiger partial charge in [0.25, 0.3) is 0 Å². The van der Waals surface area contributed by atoms with Gasteiger partial charge in [-0.25, -0.2) is 4.39 Å². The summed E-state index contributed by atoms with van der Waals surface area (Å²) in [7, 11) is 0. The molecule has 1 aromatic carbocycles. The molecule has 0 bridgehead atoms. The molecule has 0 spiro atoms. The number of halogens is 1. The van der Waals surface area contributed by atoms with Crippen molar-refractivity contribution in [3.05, 3.63) is 24.0 Å². The largest absolute Gasteiger partial charge is 0.371 e. The number of nitrogens with one attached hydrogen (secondary N) is 2. The lowest BCUT2D eigenvalue weighted by Crippen LogP contribution is -2.49. The van der Waals surface area contributed by atoms with Gasteiger partial charge in [-0.2, -0.15) is 0 Å². The number of anilines is 2. The van der Waals surface area contributed by atoms with Gasteiger partial charge in [0.05, 0.1) is 5.69 Å². The van der Waals surface area contributed by atoms with Gasteiger partial charge in [-0.15, -0.1) is 0 Å². The molecule has 1 aromatic rings. The molecule has 0 aromatic heterocycles. The highest BCUT2D eigenvalue weighted by atomic mass is 19.1. The van der Waals surface area contributed by atoms with Crippen LogP contribution in [0.2, 0.25) is 0 Å². The zero-order valence-electron chi connectivity index (χ0n) is 18.0. The van der Waals surface area contributed by atoms with Crippen LogP contribution in [0.4, 0.5) is 15.8 Å². The topological polar surface area (TPSA) is 93.9 Å². The third-order valence-corrected chi connectivity index (χ3v) is 6.62. The zero-order chi connectivity index (χ0) is 21.8. The summed E-state index contributed by atoms with van der Waals surface area (Å²) in [6.45, 7) is 8.00. The van der Waals surface area contributed by atoms with E-state index in [-0.39, 0.29) is 23.8 Å². The maximum Gasteiger partial charge on any atom is 0.249 e. The Kier molecular flexibility index (Phi) is 7.04. The summed E-state index contributed by atoms with van der Waals surface area (Å²) in [4.78, 5) is 30.3. The molecular weight excluding hydrogens is 399 g/mol. The van der Waals surface area contributed by atoms with Gasteiger partial charge in [-0.1, -0.05) is 0 Å². The van der Waals surface area contributed by atoms with Crippen LogP contribution in [0.1, 0.15) is 25.7 Å². The lowest BCUT2D eigenvalue weighted by Gasteiger charge is -2.38. The summed E-state index contributed by atoms with van der Waals surface area (Å²) in [6, 6.07) is 4.88. The maximum atomic E-state index is 14.7. The molecule has 1 atom stereocenters. The second kappa shape index (κ2) is 9.93. The summed E-state index contributed by atoms with van der Waals surface area (Å²) in [5, 5.41) is 5.21. The van der Waals surface area contributed by atoms with Gasteiger partial charge in [0, 0.05) is 57.4 Å². The van der Waals surface area contributed by atoms with Crippen molar-refractivity contribution in [2.45, 2.75) is 37.8 Å². The second-order valence-electron chi connectivity index (χ2n) is 8.82. The normalized spacial score (nSPS) is 24.3. The van der Waals surface area contributed by atoms with Crippen molar-refractivity contribution in [2.75, 3.05) is 62.6 Å². The third-order valence-electron chi connectivity index (χ3n) is 6.62. The lowest BCUT2D eigenvalue weighted by atomic mass is 10.1. The molecule has 8 nitrogen and oxygen atoms in total. The fraction of sp³-hybridized carbons (Fsp3) is 0.636. The molecule has 3 fully saturated rings. The Morgan fingerprint density at radius 3 is 2.32 bits per heavy atom. The van der Waals surface area contributed by atoms with Gasteiger partial charge < -0.3 is 20.9 Å². The van der Waals surface area contributed by atoms with Crippen molar-refractivity contribution >= 4 is 23.2 Å². The van der Waals surface area contributed by atoms with Crippen molar-refractivity contribution in [3.8, 4) is 0 Å². The number of carbonyl (C=O) groups is 2. The molecule has 3 aliphatic rings. The van der Waals surface area contributed by atoms with Crippen LogP contribution in [-0.4, -0.2) is 86.1 Å². The van der Waals surface area contributed by atoms with Crippen molar-refractivity contribution in [1.82, 2.24) is 15.1 Å². The summed E-state index contributed by atoms with van der Waals surface area (Å²) in [5.74, 6) is -1.06. The number of hydrogen-bond acceptors (Lipinski definition) is 7. The molecule has 31 heavy (non-hydrogen) atoms. The van der Waals surface area contributed by atoms with Gasteiger partial charge >= 0.3 is 0 Å². The standard InChI is InChI=1S/C22H33FN6O2/c23-18-15-17(1-2-19(18)25-20-3-4-21(30)26-22(20)31)29-13-11-28(12-14-29)10-9-27-7-5-16(24)6-8-27/h1-2,15-16,20,25H,3-14,24H2,(H,26,30,31). The molecule has 3 aliphatic heterocycles. The minimum atomic E-state index is -0.586. The number of imide groups is 1. The first kappa shape index (κ1) is 22.0. The first-order valence-corrected chi connectivity index (χ1v) is 11.3. The first-order chi connectivity index (χ1) is 15.0. The molecule has 4 rings (SSSR count). The van der Waals surface area contributed by atoms with Crippen LogP contribution in [0.5, 0.6) is 0 Å². The van der Waals surface area contributed by atoms with Gasteiger partial charge in [-0.05, 0) is 50.6 Å². The minimum absolute atomic E-state index is 0.263. The van der Waals surface area contributed by atoms with Crippen molar-refractivity contribution in [3.63, 3.8) is 0 Å². The van der Waals surface area contributed by atoms with Gasteiger partial charge in [-0.3, -0.25) is 19.8 Å². The van der Waals surface area contributed by atoms with Gasteiger partial charge in [0.2, 0.25) is 11.8 Å². The number of amides is 2. The Labute approximate surface area is 182 Å². The number of carbonyl (C=O) groups excluding carboxylic acids is 2. The van der Waals surface area contributed by atoms with E-state index < -0.39 is 11.9 Å². The molecule has 170 valence electrons. The van der Waals surface area contributed by atoms with Crippen LogP contribution in [0.3, 0.4) is 0 Å². The second-order valence-corrected chi connectivity index (χ2v) is 8.82. The number of nitrogens with zero attached hydrogens (tertiary/aromatic N) is 3. The molecule has 3 saturated heterocycles. The number of piperidine rings is 2. The third kappa shape index (κ3) is 5.72.